The molecule has 1 aromatic carbocycles. The number of halogens is 1. The van der Waals surface area contributed by atoms with E-state index in [0.717, 1.165) is 23.4 Å². The van der Waals surface area contributed by atoms with Gasteiger partial charge < -0.3 is 16.4 Å². The maximum Gasteiger partial charge on any atom is 0.324 e. The number of hydrogen-bond donors (Lipinski definition) is 3. The quantitative estimate of drug-likeness (QED) is 0.269. The summed E-state index contributed by atoms with van der Waals surface area (Å²) in [6, 6.07) is 5.78. The predicted molar refractivity (Wildman–Crippen MR) is 106 cm³/mol. The van der Waals surface area contributed by atoms with E-state index in [2.05, 4.69) is 41.6 Å². The Kier molecular flexibility index (Phi) is 7.96. The summed E-state index contributed by atoms with van der Waals surface area (Å²) in [5.41, 5.74) is 9.29. The van der Waals surface area contributed by atoms with E-state index in [1.807, 2.05) is 6.07 Å². The average molecular weight is 445 g/mol. The van der Waals surface area contributed by atoms with Gasteiger partial charge in [0.05, 0.1) is 19.6 Å². The standard InChI is InChI=1S/C16H23N5O2.HI/c1-3-11-6-5-7-12(4-2)14(11)20-15(17)18-8-9-21-13(22)10-19-16(21)23;/h5-7H,3-4,8-10H2,1-2H3,(H,19,23)(H3,17,18,20);1H. The number of urea groups is 1. The van der Waals surface area contributed by atoms with Crippen molar-refractivity contribution in [3.8, 4) is 0 Å². The summed E-state index contributed by atoms with van der Waals surface area (Å²) in [5, 5.41) is 5.62. The summed E-state index contributed by atoms with van der Waals surface area (Å²) in [7, 11) is 0. The fourth-order valence-electron chi connectivity index (χ4n) is 2.52. The van der Waals surface area contributed by atoms with Crippen molar-refractivity contribution in [2.24, 2.45) is 10.7 Å². The minimum Gasteiger partial charge on any atom is -0.370 e. The smallest absolute Gasteiger partial charge is 0.324 e. The Morgan fingerprint density at radius 2 is 1.92 bits per heavy atom. The number of aryl methyl sites for hydroxylation is 2. The van der Waals surface area contributed by atoms with Crippen molar-refractivity contribution >= 4 is 47.6 Å². The zero-order valence-electron chi connectivity index (χ0n) is 14.0. The first-order valence-corrected chi connectivity index (χ1v) is 7.82. The number of amides is 3. The van der Waals surface area contributed by atoms with Gasteiger partial charge in [-0.2, -0.15) is 0 Å². The number of nitrogens with two attached hydrogens (primary N) is 1. The highest BCUT2D eigenvalue weighted by molar-refractivity contribution is 14.0. The third kappa shape index (κ3) is 4.83. The molecule has 0 unspecified atom stereocenters. The van der Waals surface area contributed by atoms with Crippen molar-refractivity contribution < 1.29 is 9.59 Å². The van der Waals surface area contributed by atoms with Gasteiger partial charge in [-0.15, -0.1) is 24.0 Å². The van der Waals surface area contributed by atoms with E-state index in [-0.39, 0.29) is 61.5 Å². The van der Waals surface area contributed by atoms with Gasteiger partial charge in [-0.05, 0) is 24.0 Å². The zero-order valence-corrected chi connectivity index (χ0v) is 16.3. The molecule has 0 spiro atoms. The minimum atomic E-state index is -0.374. The lowest BCUT2D eigenvalue weighted by Crippen LogP contribution is -2.34. The first-order chi connectivity index (χ1) is 11.1. The van der Waals surface area contributed by atoms with Crippen LogP contribution in [-0.4, -0.2) is 42.4 Å². The summed E-state index contributed by atoms with van der Waals surface area (Å²) >= 11 is 0. The van der Waals surface area contributed by atoms with Crippen LogP contribution in [0.2, 0.25) is 0 Å². The van der Waals surface area contributed by atoms with Crippen molar-refractivity contribution in [2.75, 3.05) is 25.0 Å². The van der Waals surface area contributed by atoms with Crippen LogP contribution in [0.1, 0.15) is 25.0 Å². The van der Waals surface area contributed by atoms with Gasteiger partial charge in [0, 0.05) is 5.69 Å². The molecule has 24 heavy (non-hydrogen) atoms. The molecule has 4 N–H and O–H groups in total. The van der Waals surface area contributed by atoms with Crippen molar-refractivity contribution in [1.82, 2.24) is 10.2 Å². The fraction of sp³-hybridized carbons (Fsp3) is 0.438. The SMILES string of the molecule is CCc1cccc(CC)c1NC(N)=NCCN1C(=O)CNC1=O.I. The van der Waals surface area contributed by atoms with Crippen LogP contribution in [0.25, 0.3) is 0 Å². The molecule has 3 amide bonds. The molecule has 1 heterocycles. The molecule has 7 nitrogen and oxygen atoms in total. The van der Waals surface area contributed by atoms with E-state index < -0.39 is 0 Å². The summed E-state index contributed by atoms with van der Waals surface area (Å²) in [5.74, 6) is 0.0500. The van der Waals surface area contributed by atoms with Gasteiger partial charge in [0.2, 0.25) is 5.91 Å². The predicted octanol–water partition coefficient (Wildman–Crippen LogP) is 1.71. The van der Waals surface area contributed by atoms with Crippen LogP contribution in [0.15, 0.2) is 23.2 Å². The van der Waals surface area contributed by atoms with Crippen molar-refractivity contribution in [2.45, 2.75) is 26.7 Å². The number of nitrogens with one attached hydrogen (secondary N) is 2. The van der Waals surface area contributed by atoms with Gasteiger partial charge in [0.1, 0.15) is 0 Å². The van der Waals surface area contributed by atoms with Crippen LogP contribution in [0.5, 0.6) is 0 Å². The Hall–Kier alpha value is -1.84. The molecule has 1 fully saturated rings. The van der Waals surface area contributed by atoms with E-state index in [9.17, 15) is 9.59 Å². The molecule has 0 saturated carbocycles. The van der Waals surface area contributed by atoms with Crippen LogP contribution >= 0.6 is 24.0 Å². The maximum atomic E-state index is 11.5. The first-order valence-electron chi connectivity index (χ1n) is 7.82. The third-order valence-electron chi connectivity index (χ3n) is 3.79. The van der Waals surface area contributed by atoms with Crippen LogP contribution in [0, 0.1) is 0 Å². The average Bonchev–Trinajstić information content (AvgIpc) is 2.87. The number of imide groups is 1. The molecule has 0 atom stereocenters. The number of benzene rings is 1. The Bertz CT molecular complexity index is 595. The molecule has 2 rings (SSSR count). The number of anilines is 1. The lowest BCUT2D eigenvalue weighted by atomic mass is 10.0. The van der Waals surface area contributed by atoms with Crippen LogP contribution in [0.3, 0.4) is 0 Å². The second-order valence-electron chi connectivity index (χ2n) is 5.25. The molecular weight excluding hydrogens is 421 g/mol. The topological polar surface area (TPSA) is 99.8 Å². The van der Waals surface area contributed by atoms with E-state index in [4.69, 9.17) is 5.73 Å². The number of aliphatic imine (C=N–C) groups is 1. The molecule has 0 aromatic heterocycles. The lowest BCUT2D eigenvalue weighted by molar-refractivity contribution is -0.124. The fourth-order valence-corrected chi connectivity index (χ4v) is 2.52. The van der Waals surface area contributed by atoms with Crippen molar-refractivity contribution in [3.05, 3.63) is 29.3 Å². The summed E-state index contributed by atoms with van der Waals surface area (Å²) < 4.78 is 0. The Balaban J connectivity index is 0.00000288. The van der Waals surface area contributed by atoms with E-state index in [1.165, 1.54) is 11.1 Å². The molecule has 132 valence electrons. The highest BCUT2D eigenvalue weighted by atomic mass is 127. The number of hydrogen-bond acceptors (Lipinski definition) is 3. The van der Waals surface area contributed by atoms with Gasteiger partial charge in [0.25, 0.3) is 0 Å². The van der Waals surface area contributed by atoms with Crippen LogP contribution < -0.4 is 16.4 Å². The van der Waals surface area contributed by atoms with Gasteiger partial charge in [0.15, 0.2) is 5.96 Å². The molecule has 1 aliphatic rings. The maximum absolute atomic E-state index is 11.5. The van der Waals surface area contributed by atoms with E-state index in [0.29, 0.717) is 0 Å². The van der Waals surface area contributed by atoms with Gasteiger partial charge in [-0.1, -0.05) is 32.0 Å². The number of para-hydroxylation sites is 1. The summed E-state index contributed by atoms with van der Waals surface area (Å²) in [6.07, 6.45) is 1.79. The summed E-state index contributed by atoms with van der Waals surface area (Å²) in [6.45, 7) is 4.73. The normalized spacial score (nSPS) is 14.4. The highest BCUT2D eigenvalue weighted by Crippen LogP contribution is 2.22. The molecule has 1 aromatic rings. The van der Waals surface area contributed by atoms with Crippen molar-refractivity contribution in [1.29, 1.82) is 0 Å². The Morgan fingerprint density at radius 1 is 1.29 bits per heavy atom. The summed E-state index contributed by atoms with van der Waals surface area (Å²) in [4.78, 5) is 28.2. The van der Waals surface area contributed by atoms with Crippen LogP contribution in [-0.2, 0) is 17.6 Å². The third-order valence-corrected chi connectivity index (χ3v) is 3.79. The molecule has 1 aliphatic heterocycles. The number of carbonyl (C=O) groups is 2. The molecule has 1 saturated heterocycles. The monoisotopic (exact) mass is 445 g/mol. The number of carbonyl (C=O) groups excluding carboxylic acids is 2. The molecule has 0 aliphatic carbocycles. The second kappa shape index (κ2) is 9.45. The first kappa shape index (κ1) is 20.2. The Labute approximate surface area is 159 Å². The van der Waals surface area contributed by atoms with Gasteiger partial charge in [-0.25, -0.2) is 4.79 Å². The van der Waals surface area contributed by atoms with E-state index in [1.54, 1.807) is 0 Å². The molecule has 0 bridgehead atoms. The van der Waals surface area contributed by atoms with Crippen LogP contribution in [0.4, 0.5) is 10.5 Å². The number of guanidine groups is 1. The highest BCUT2D eigenvalue weighted by Gasteiger charge is 2.27. The lowest BCUT2D eigenvalue weighted by Gasteiger charge is -2.15. The Morgan fingerprint density at radius 3 is 2.42 bits per heavy atom. The minimum absolute atomic E-state index is 0. The molecule has 0 radical (unpaired) electrons. The second-order valence-corrected chi connectivity index (χ2v) is 5.25. The van der Waals surface area contributed by atoms with Gasteiger partial charge in [-0.3, -0.25) is 14.7 Å². The zero-order chi connectivity index (χ0) is 16.8. The molecule has 8 heteroatoms. The van der Waals surface area contributed by atoms with Gasteiger partial charge >= 0.3 is 6.03 Å². The van der Waals surface area contributed by atoms with Crippen molar-refractivity contribution in [3.63, 3.8) is 0 Å². The molecular formula is C16H24IN5O2. The number of rotatable bonds is 6. The van der Waals surface area contributed by atoms with E-state index >= 15 is 0 Å². The number of nitrogens with zero attached hydrogens (tertiary/aromatic N) is 2. The largest absolute Gasteiger partial charge is 0.370 e.